The van der Waals surface area contributed by atoms with Crippen molar-refractivity contribution < 1.29 is 28.7 Å². The lowest BCUT2D eigenvalue weighted by Gasteiger charge is -2.40. The third kappa shape index (κ3) is 9.85. The number of nitrogens with zero attached hydrogens (tertiary/aromatic N) is 1. The number of Topliss-reactive ketones (excluding diaryl/α,β-unsaturated/α-hetero) is 1. The van der Waals surface area contributed by atoms with Crippen molar-refractivity contribution in [3.8, 4) is 5.75 Å². The van der Waals surface area contributed by atoms with Crippen molar-refractivity contribution in [1.82, 2.24) is 20.9 Å². The second-order valence-electron chi connectivity index (χ2n) is 15.5. The first kappa shape index (κ1) is 36.9. The lowest BCUT2D eigenvalue weighted by molar-refractivity contribution is -0.143. The molecule has 2 aliphatic carbocycles. The van der Waals surface area contributed by atoms with Crippen LogP contribution in [-0.2, 0) is 32.2 Å². The van der Waals surface area contributed by atoms with Gasteiger partial charge in [-0.1, -0.05) is 95.3 Å². The van der Waals surface area contributed by atoms with Gasteiger partial charge in [0.25, 0.3) is 5.91 Å². The van der Waals surface area contributed by atoms with Crippen LogP contribution in [-0.4, -0.2) is 64.6 Å². The minimum absolute atomic E-state index is 0.266. The highest BCUT2D eigenvalue weighted by molar-refractivity contribution is 6.37. The largest absolute Gasteiger partial charge is 0.489 e. The van der Waals surface area contributed by atoms with Crippen molar-refractivity contribution in [2.45, 2.75) is 122 Å². The van der Waals surface area contributed by atoms with Crippen molar-refractivity contribution in [3.05, 3.63) is 65.7 Å². The van der Waals surface area contributed by atoms with Crippen molar-refractivity contribution in [2.24, 2.45) is 17.1 Å². The Morgan fingerprint density at radius 1 is 0.900 bits per heavy atom. The first-order chi connectivity index (χ1) is 23.8. The van der Waals surface area contributed by atoms with Crippen LogP contribution in [0.3, 0.4) is 0 Å². The summed E-state index contributed by atoms with van der Waals surface area (Å²) in [5.74, 6) is -1.71. The molecule has 5 amide bonds. The minimum atomic E-state index is -1.09. The van der Waals surface area contributed by atoms with E-state index >= 15 is 0 Å². The normalized spacial score (nSPS) is 19.9. The van der Waals surface area contributed by atoms with E-state index in [0.717, 1.165) is 61.8 Å². The summed E-state index contributed by atoms with van der Waals surface area (Å²) in [4.78, 5) is 67.2. The average Bonchev–Trinajstić information content (AvgIpc) is 3.76. The van der Waals surface area contributed by atoms with Gasteiger partial charge in [0.1, 0.15) is 24.4 Å². The van der Waals surface area contributed by atoms with Crippen LogP contribution in [0.4, 0.5) is 4.79 Å². The predicted molar refractivity (Wildman–Crippen MR) is 190 cm³/mol. The van der Waals surface area contributed by atoms with Gasteiger partial charge in [0.15, 0.2) is 0 Å². The van der Waals surface area contributed by atoms with Crippen LogP contribution in [0.2, 0.25) is 0 Å². The second-order valence-corrected chi connectivity index (χ2v) is 15.5. The summed E-state index contributed by atoms with van der Waals surface area (Å²) in [7, 11) is 0. The molecular weight excluding hydrogens is 634 g/mol. The Hall–Kier alpha value is -4.41. The molecular formula is C39H53N5O6. The lowest BCUT2D eigenvalue weighted by Crippen LogP contribution is -2.62. The van der Waals surface area contributed by atoms with Crippen molar-refractivity contribution in [3.63, 3.8) is 0 Å². The zero-order valence-corrected chi connectivity index (χ0v) is 29.7. The van der Waals surface area contributed by atoms with E-state index in [-0.39, 0.29) is 11.8 Å². The minimum Gasteiger partial charge on any atom is -0.489 e. The molecule has 0 aromatic heterocycles. The van der Waals surface area contributed by atoms with Crippen molar-refractivity contribution in [2.75, 3.05) is 6.54 Å². The Morgan fingerprint density at radius 3 is 2.26 bits per heavy atom. The SMILES string of the molecule is CC(C)(C)C(NC(=O)NC1(Cc2cccc(OCc3ccccc3)c2)CCCCC1)C(=O)N1CCCC1C(=O)NC(CC1CC1)C(=O)C(N)=O. The monoisotopic (exact) mass is 687 g/mol. The molecule has 1 heterocycles. The summed E-state index contributed by atoms with van der Waals surface area (Å²) in [5.41, 5.74) is 6.25. The van der Waals surface area contributed by atoms with E-state index in [1.807, 2.05) is 69.3 Å². The molecule has 3 atom stereocenters. The summed E-state index contributed by atoms with van der Waals surface area (Å²) in [6.45, 7) is 6.46. The number of benzene rings is 2. The van der Waals surface area contributed by atoms with E-state index < -0.39 is 52.7 Å². The summed E-state index contributed by atoms with van der Waals surface area (Å²) >= 11 is 0. The van der Waals surface area contributed by atoms with Gasteiger partial charge in [-0.25, -0.2) is 4.79 Å². The molecule has 3 fully saturated rings. The maximum Gasteiger partial charge on any atom is 0.315 e. The fraction of sp³-hybridized carbons (Fsp3) is 0.564. The van der Waals surface area contributed by atoms with Crippen LogP contribution < -0.4 is 26.4 Å². The van der Waals surface area contributed by atoms with Gasteiger partial charge in [-0.15, -0.1) is 0 Å². The van der Waals surface area contributed by atoms with E-state index in [1.165, 1.54) is 4.90 Å². The molecule has 50 heavy (non-hydrogen) atoms. The number of ketones is 1. The molecule has 0 spiro atoms. The van der Waals surface area contributed by atoms with Crippen molar-refractivity contribution in [1.29, 1.82) is 0 Å². The molecule has 2 aromatic carbocycles. The Kier molecular flexibility index (Phi) is 11.9. The molecule has 5 N–H and O–H groups in total. The molecule has 3 aliphatic rings. The third-order valence-corrected chi connectivity index (χ3v) is 10.2. The first-order valence-electron chi connectivity index (χ1n) is 18.1. The zero-order valence-electron chi connectivity index (χ0n) is 29.7. The van der Waals surface area contributed by atoms with E-state index in [0.29, 0.717) is 38.8 Å². The molecule has 11 nitrogen and oxygen atoms in total. The molecule has 1 saturated heterocycles. The molecule has 3 unspecified atom stereocenters. The topological polar surface area (TPSA) is 160 Å². The average molecular weight is 688 g/mol. The number of rotatable bonds is 14. The quantitative estimate of drug-likeness (QED) is 0.213. The number of urea groups is 1. The maximum absolute atomic E-state index is 14.2. The Morgan fingerprint density at radius 2 is 1.60 bits per heavy atom. The summed E-state index contributed by atoms with van der Waals surface area (Å²) in [5, 5.41) is 9.01. The number of likely N-dealkylation sites (tertiary alicyclic amines) is 1. The van der Waals surface area contributed by atoms with E-state index in [4.69, 9.17) is 10.5 Å². The lowest BCUT2D eigenvalue weighted by atomic mass is 9.77. The maximum atomic E-state index is 14.2. The highest BCUT2D eigenvalue weighted by atomic mass is 16.5. The van der Waals surface area contributed by atoms with Gasteiger partial charge in [-0.2, -0.15) is 0 Å². The van der Waals surface area contributed by atoms with Gasteiger partial charge in [-0.3, -0.25) is 19.2 Å². The second kappa shape index (κ2) is 16.1. The fourth-order valence-electron chi connectivity index (χ4n) is 7.34. The van der Waals surface area contributed by atoms with Crippen LogP contribution in [0.15, 0.2) is 54.6 Å². The van der Waals surface area contributed by atoms with Crippen LogP contribution in [0.5, 0.6) is 5.75 Å². The smallest absolute Gasteiger partial charge is 0.315 e. The number of hydrogen-bond donors (Lipinski definition) is 4. The molecule has 11 heteroatoms. The third-order valence-electron chi connectivity index (χ3n) is 10.2. The molecule has 5 rings (SSSR count). The number of carbonyl (C=O) groups excluding carboxylic acids is 5. The Balaban J connectivity index is 1.25. The number of nitrogens with one attached hydrogen (secondary N) is 3. The number of carbonyl (C=O) groups is 5. The van der Waals surface area contributed by atoms with Gasteiger partial charge in [0.2, 0.25) is 17.6 Å². The fourth-order valence-corrected chi connectivity index (χ4v) is 7.34. The van der Waals surface area contributed by atoms with Gasteiger partial charge >= 0.3 is 6.03 Å². The molecule has 1 aliphatic heterocycles. The van der Waals surface area contributed by atoms with E-state index in [1.54, 1.807) is 0 Å². The van der Waals surface area contributed by atoms with Crippen LogP contribution in [0.25, 0.3) is 0 Å². The number of nitrogens with two attached hydrogens (primary N) is 1. The highest BCUT2D eigenvalue weighted by Crippen LogP contribution is 2.35. The van der Waals surface area contributed by atoms with Crippen LogP contribution in [0, 0.1) is 11.3 Å². The molecule has 0 bridgehead atoms. The van der Waals surface area contributed by atoms with E-state index in [9.17, 15) is 24.0 Å². The number of primary amides is 1. The summed E-state index contributed by atoms with van der Waals surface area (Å²) < 4.78 is 6.08. The molecule has 2 saturated carbocycles. The van der Waals surface area contributed by atoms with Crippen molar-refractivity contribution >= 4 is 29.5 Å². The number of ether oxygens (including phenoxy) is 1. The van der Waals surface area contributed by atoms with Crippen LogP contribution >= 0.6 is 0 Å². The zero-order chi connectivity index (χ0) is 35.9. The standard InChI is InChI=1S/C39H53N5O6/c1-38(2,3)33(36(48)44-21-11-16-31(44)35(47)41-30(23-26-17-18-26)32(45)34(40)46)42-37(49)43-39(19-8-5-9-20-39)24-28-14-10-15-29(22-28)50-25-27-12-6-4-7-13-27/h4,6-7,10,12-15,22,26,30-31,33H,5,8-9,11,16-21,23-25H2,1-3H3,(H2,40,46)(H,41,47)(H2,42,43,49). The van der Waals surface area contributed by atoms with Gasteiger partial charge in [0, 0.05) is 12.1 Å². The van der Waals surface area contributed by atoms with Gasteiger partial charge in [0.05, 0.1) is 6.04 Å². The summed E-state index contributed by atoms with van der Waals surface area (Å²) in [6, 6.07) is 14.8. The van der Waals surface area contributed by atoms with Crippen LogP contribution in [0.1, 0.15) is 96.1 Å². The number of amides is 5. The molecule has 0 radical (unpaired) electrons. The first-order valence-corrected chi connectivity index (χ1v) is 18.1. The number of hydrogen-bond acceptors (Lipinski definition) is 6. The Labute approximate surface area is 295 Å². The predicted octanol–water partition coefficient (Wildman–Crippen LogP) is 4.56. The van der Waals surface area contributed by atoms with Gasteiger partial charge in [-0.05, 0) is 73.1 Å². The molecule has 2 aromatic rings. The summed E-state index contributed by atoms with van der Waals surface area (Å²) in [6.07, 6.45) is 8.54. The van der Waals surface area contributed by atoms with E-state index in [2.05, 4.69) is 22.0 Å². The Bertz CT molecular complexity index is 1530. The molecule has 270 valence electrons. The highest BCUT2D eigenvalue weighted by Gasteiger charge is 2.44. The van der Waals surface area contributed by atoms with Gasteiger partial charge < -0.3 is 31.3 Å².